The van der Waals surface area contributed by atoms with E-state index in [0.29, 0.717) is 0 Å². The van der Waals surface area contributed by atoms with Crippen LogP contribution in [0, 0.1) is 0 Å². The van der Waals surface area contributed by atoms with Gasteiger partial charge in [0.05, 0.1) is 0 Å². The first-order valence-electron chi connectivity index (χ1n) is 8.75. The molecule has 0 nitrogen and oxygen atoms in total. The van der Waals surface area contributed by atoms with Crippen LogP contribution in [-0.2, 0) is 16.7 Å². The van der Waals surface area contributed by atoms with Crippen molar-refractivity contribution in [3.05, 3.63) is 71.3 Å². The van der Waals surface area contributed by atoms with Gasteiger partial charge in [0.1, 0.15) is 0 Å². The van der Waals surface area contributed by atoms with Gasteiger partial charge >= 0.3 is 168 Å². The normalized spacial score (nSPS) is 20.3. The first-order valence-corrected chi connectivity index (χ1v) is 18.4. The van der Waals surface area contributed by atoms with Gasteiger partial charge in [0.2, 0.25) is 0 Å². The number of rotatable bonds is 5. The van der Waals surface area contributed by atoms with Crippen molar-refractivity contribution < 1.29 is 13.4 Å². The molecule has 0 fully saturated rings. The molecule has 0 heterocycles. The minimum absolute atomic E-state index is 0.376. The zero-order chi connectivity index (χ0) is 18.3. The number of allylic oxidation sites excluding steroid dienone is 1. The molecule has 0 bridgehead atoms. The first-order chi connectivity index (χ1) is 11.8. The molecule has 2 aromatic carbocycles. The molecule has 0 spiro atoms. The predicted molar refractivity (Wildman–Crippen MR) is 112 cm³/mol. The number of halogens is 3. The van der Waals surface area contributed by atoms with E-state index in [0.717, 1.165) is 12.1 Å². The molecule has 1 unspecified atom stereocenters. The molecule has 5 heteroatoms. The van der Waals surface area contributed by atoms with Crippen molar-refractivity contribution in [2.75, 3.05) is 0 Å². The fourth-order valence-corrected chi connectivity index (χ4v) is 27.0. The van der Waals surface area contributed by atoms with Gasteiger partial charge in [0.25, 0.3) is 0 Å². The summed E-state index contributed by atoms with van der Waals surface area (Å²) in [5, 5.41) is 1.40. The van der Waals surface area contributed by atoms with E-state index in [1.165, 1.54) is 21.9 Å². The zero-order valence-corrected chi connectivity index (χ0v) is 19.7. The number of hydrogen-bond acceptors (Lipinski definition) is 0. The van der Waals surface area contributed by atoms with Crippen LogP contribution in [0.3, 0.4) is 0 Å². The molecule has 1 aliphatic rings. The Balaban J connectivity index is 2.44. The third kappa shape index (κ3) is 2.74. The Morgan fingerprint density at radius 2 is 1.44 bits per heavy atom. The van der Waals surface area contributed by atoms with Crippen LogP contribution in [0.15, 0.2) is 60.2 Å². The third-order valence-electron chi connectivity index (χ3n) is 6.00. The topological polar surface area (TPSA) is 0 Å². The monoisotopic (exact) mass is 444 g/mol. The van der Waals surface area contributed by atoms with Gasteiger partial charge in [0.15, 0.2) is 0 Å². The van der Waals surface area contributed by atoms with Crippen molar-refractivity contribution in [2.45, 2.75) is 36.2 Å². The number of benzene rings is 2. The van der Waals surface area contributed by atoms with E-state index in [1.54, 1.807) is 0 Å². The Labute approximate surface area is 167 Å². The Kier molecular flexibility index (Phi) is 5.67. The van der Waals surface area contributed by atoms with Crippen molar-refractivity contribution in [3.8, 4) is 0 Å². The quantitative estimate of drug-likeness (QED) is 0.442. The van der Waals surface area contributed by atoms with Crippen molar-refractivity contribution in [3.63, 3.8) is 0 Å². The Morgan fingerprint density at radius 1 is 0.880 bits per heavy atom. The molecule has 0 amide bonds. The van der Waals surface area contributed by atoms with E-state index in [2.05, 4.69) is 81.4 Å². The average molecular weight is 446 g/mol. The maximum atomic E-state index is 7.02. The van der Waals surface area contributed by atoms with Crippen LogP contribution in [0.2, 0.25) is 12.1 Å². The number of hydrogen-bond donors (Lipinski definition) is 0. The van der Waals surface area contributed by atoms with E-state index in [4.69, 9.17) is 27.9 Å². The first kappa shape index (κ1) is 19.7. The molecular weight excluding hydrogens is 423 g/mol. The predicted octanol–water partition coefficient (Wildman–Crippen LogP) is 6.85. The van der Waals surface area contributed by atoms with E-state index >= 15 is 0 Å². The van der Waals surface area contributed by atoms with Gasteiger partial charge in [-0.3, -0.25) is 0 Å². The summed E-state index contributed by atoms with van der Waals surface area (Å²) in [5.41, 5.74) is 3.74. The van der Waals surface area contributed by atoms with Crippen molar-refractivity contribution >= 4 is 47.3 Å². The summed E-state index contributed by atoms with van der Waals surface area (Å²) in [6.07, 6.45) is 2.26. The van der Waals surface area contributed by atoms with Crippen molar-refractivity contribution in [2.24, 2.45) is 0 Å². The summed E-state index contributed by atoms with van der Waals surface area (Å²) < 4.78 is -0.376. The van der Waals surface area contributed by atoms with Gasteiger partial charge in [-0.05, 0) is 0 Å². The second-order valence-electron chi connectivity index (χ2n) is 6.82. The summed E-state index contributed by atoms with van der Waals surface area (Å²) in [6.45, 7) is 6.76. The fraction of sp³-hybridized carbons (Fsp3) is 0.300. The standard InChI is InChI=1S/C20H23Si.3ClH.Ti/c1-4-21(5-2,18-12-7-6-8-13-18)20-16(3)15-17-11-9-10-14-19(17)20;;;;/h6-15H,4-5H2,1-3H3;3*1H;/q;;;;+3/p-3. The van der Waals surface area contributed by atoms with Gasteiger partial charge < -0.3 is 0 Å². The van der Waals surface area contributed by atoms with Crippen molar-refractivity contribution in [1.29, 1.82) is 0 Å². The van der Waals surface area contributed by atoms with Gasteiger partial charge in [-0.2, -0.15) is 0 Å². The molecule has 1 atom stereocenters. The van der Waals surface area contributed by atoms with E-state index in [9.17, 15) is 0 Å². The van der Waals surface area contributed by atoms with E-state index in [1.807, 2.05) is 0 Å². The van der Waals surface area contributed by atoms with Crippen LogP contribution >= 0.6 is 27.9 Å². The second-order valence-corrected chi connectivity index (χ2v) is 24.6. The summed E-state index contributed by atoms with van der Waals surface area (Å²) in [7, 11) is 18.9. The Hall–Kier alpha value is -0.0188. The summed E-state index contributed by atoms with van der Waals surface area (Å²) >= 11 is -3.74. The van der Waals surface area contributed by atoms with Crippen LogP contribution in [0.5, 0.6) is 0 Å². The van der Waals surface area contributed by atoms with Gasteiger partial charge in [-0.25, -0.2) is 0 Å². The Bertz CT molecular complexity index is 794. The summed E-state index contributed by atoms with van der Waals surface area (Å²) in [5.74, 6) is 0. The van der Waals surface area contributed by atoms with E-state index in [-0.39, 0.29) is 3.34 Å². The average Bonchev–Trinajstić information content (AvgIpc) is 2.91. The SMILES string of the molecule is CC[Si](CC)(c1ccccc1)[C]1([Ti]([Cl])([Cl])[Cl])C(C)=Cc2ccccc21. The zero-order valence-electron chi connectivity index (χ0n) is 14.8. The second kappa shape index (κ2) is 7.19. The van der Waals surface area contributed by atoms with Gasteiger partial charge in [0, 0.05) is 0 Å². The van der Waals surface area contributed by atoms with Crippen LogP contribution in [0.1, 0.15) is 31.9 Å². The molecule has 0 aliphatic heterocycles. The number of fused-ring (bicyclic) bond motifs is 1. The van der Waals surface area contributed by atoms with Crippen LogP contribution in [0.25, 0.3) is 6.08 Å². The molecule has 0 saturated heterocycles. The molecule has 0 aromatic heterocycles. The molecule has 132 valence electrons. The maximum absolute atomic E-state index is 7.02. The summed E-state index contributed by atoms with van der Waals surface area (Å²) in [4.78, 5) is 0. The van der Waals surface area contributed by atoms with Crippen LogP contribution in [-0.4, -0.2) is 8.07 Å². The molecular formula is C20H23Cl3SiTi. The molecule has 1 aliphatic carbocycles. The van der Waals surface area contributed by atoms with Gasteiger partial charge in [-0.15, -0.1) is 0 Å². The van der Waals surface area contributed by atoms with Crippen LogP contribution < -0.4 is 5.19 Å². The molecule has 3 rings (SSSR count). The molecule has 0 radical (unpaired) electrons. The van der Waals surface area contributed by atoms with Crippen molar-refractivity contribution in [1.82, 2.24) is 0 Å². The molecule has 2 aromatic rings. The molecule has 25 heavy (non-hydrogen) atoms. The van der Waals surface area contributed by atoms with Crippen LogP contribution in [0.4, 0.5) is 0 Å². The fourth-order valence-electron chi connectivity index (χ4n) is 4.96. The molecule has 0 saturated carbocycles. The van der Waals surface area contributed by atoms with Gasteiger partial charge in [-0.1, -0.05) is 0 Å². The molecule has 0 N–H and O–H groups in total. The Morgan fingerprint density at radius 3 is 2.00 bits per heavy atom. The summed E-state index contributed by atoms with van der Waals surface area (Å²) in [6, 6.07) is 21.5. The minimum atomic E-state index is -3.74. The van der Waals surface area contributed by atoms with E-state index < -0.39 is 21.5 Å². The third-order valence-corrected chi connectivity index (χ3v) is 23.6.